The standard InChI is InChI=1S/C16H21N3OS/c1-5-13-14(20)18-15(21-13)19-17-10-11-6-8-12(9-7-11)16(2,3)4/h6-10,13H,5H2,1-4H3,(H,18,19,20)/b17-10+/t13-/m1/s1. The highest BCUT2D eigenvalue weighted by molar-refractivity contribution is 8.15. The highest BCUT2D eigenvalue weighted by Gasteiger charge is 2.28. The second kappa shape index (κ2) is 6.43. The molecular weight excluding hydrogens is 282 g/mol. The molecule has 0 bridgehead atoms. The van der Waals surface area contributed by atoms with Crippen LogP contribution in [-0.2, 0) is 10.2 Å². The molecule has 4 nitrogen and oxygen atoms in total. The number of thioether (sulfide) groups is 1. The number of nitrogens with one attached hydrogen (secondary N) is 1. The molecule has 1 saturated heterocycles. The number of benzene rings is 1. The first-order valence-corrected chi connectivity index (χ1v) is 7.97. The van der Waals surface area contributed by atoms with Gasteiger partial charge < -0.3 is 5.32 Å². The molecule has 0 unspecified atom stereocenters. The minimum atomic E-state index is -0.0370. The Kier molecular flexibility index (Phi) is 4.83. The average molecular weight is 303 g/mol. The Morgan fingerprint density at radius 2 is 1.95 bits per heavy atom. The lowest BCUT2D eigenvalue weighted by atomic mass is 9.87. The highest BCUT2D eigenvalue weighted by Crippen LogP contribution is 2.22. The van der Waals surface area contributed by atoms with Crippen molar-refractivity contribution < 1.29 is 4.79 Å². The van der Waals surface area contributed by atoms with Crippen LogP contribution < -0.4 is 5.32 Å². The Labute approximate surface area is 130 Å². The van der Waals surface area contributed by atoms with Gasteiger partial charge in [0.1, 0.15) is 0 Å². The van der Waals surface area contributed by atoms with Gasteiger partial charge in [-0.3, -0.25) is 4.79 Å². The number of amidine groups is 1. The average Bonchev–Trinajstić information content (AvgIpc) is 2.79. The van der Waals surface area contributed by atoms with Crippen LogP contribution in [-0.4, -0.2) is 22.5 Å². The van der Waals surface area contributed by atoms with Crippen molar-refractivity contribution in [1.29, 1.82) is 0 Å². The number of hydrogen-bond donors (Lipinski definition) is 1. The zero-order valence-electron chi connectivity index (χ0n) is 12.9. The molecule has 0 saturated carbocycles. The summed E-state index contributed by atoms with van der Waals surface area (Å²) in [5.74, 6) is 0.0194. The van der Waals surface area contributed by atoms with Crippen molar-refractivity contribution in [3.8, 4) is 0 Å². The minimum absolute atomic E-state index is 0.0194. The van der Waals surface area contributed by atoms with Gasteiger partial charge in [0.05, 0.1) is 11.5 Å². The van der Waals surface area contributed by atoms with E-state index in [9.17, 15) is 4.79 Å². The summed E-state index contributed by atoms with van der Waals surface area (Å²) in [4.78, 5) is 11.5. The maximum Gasteiger partial charge on any atom is 0.239 e. The van der Waals surface area contributed by atoms with Gasteiger partial charge in [0.2, 0.25) is 5.91 Å². The summed E-state index contributed by atoms with van der Waals surface area (Å²) in [5, 5.41) is 11.4. The third-order valence-electron chi connectivity index (χ3n) is 3.28. The molecule has 0 spiro atoms. The predicted octanol–water partition coefficient (Wildman–Crippen LogP) is 3.32. The van der Waals surface area contributed by atoms with Crippen molar-refractivity contribution in [3.63, 3.8) is 0 Å². The Morgan fingerprint density at radius 1 is 1.29 bits per heavy atom. The van der Waals surface area contributed by atoms with Crippen molar-refractivity contribution in [2.75, 3.05) is 0 Å². The molecule has 0 radical (unpaired) electrons. The molecule has 1 aliphatic heterocycles. The van der Waals surface area contributed by atoms with Gasteiger partial charge in [-0.15, -0.1) is 5.10 Å². The van der Waals surface area contributed by atoms with Gasteiger partial charge in [-0.1, -0.05) is 63.7 Å². The Morgan fingerprint density at radius 3 is 2.48 bits per heavy atom. The largest absolute Gasteiger partial charge is 0.303 e. The van der Waals surface area contributed by atoms with E-state index in [4.69, 9.17) is 0 Å². The van der Waals surface area contributed by atoms with Gasteiger partial charge in [-0.05, 0) is 23.0 Å². The number of carbonyl (C=O) groups is 1. The number of hydrogen-bond acceptors (Lipinski definition) is 4. The lowest BCUT2D eigenvalue weighted by molar-refractivity contribution is -0.118. The summed E-state index contributed by atoms with van der Waals surface area (Å²) in [5.41, 5.74) is 2.43. The molecule has 1 aromatic carbocycles. The van der Waals surface area contributed by atoms with Crippen molar-refractivity contribution in [2.45, 2.75) is 44.8 Å². The van der Waals surface area contributed by atoms with Crippen molar-refractivity contribution in [3.05, 3.63) is 35.4 Å². The smallest absolute Gasteiger partial charge is 0.239 e. The lowest BCUT2D eigenvalue weighted by Gasteiger charge is -2.18. The zero-order valence-corrected chi connectivity index (χ0v) is 13.7. The molecule has 0 aromatic heterocycles. The van der Waals surface area contributed by atoms with Crippen LogP contribution in [0.5, 0.6) is 0 Å². The summed E-state index contributed by atoms with van der Waals surface area (Å²) >= 11 is 1.44. The fourth-order valence-electron chi connectivity index (χ4n) is 1.94. The summed E-state index contributed by atoms with van der Waals surface area (Å²) in [6.45, 7) is 8.55. The van der Waals surface area contributed by atoms with E-state index in [1.807, 2.05) is 19.1 Å². The summed E-state index contributed by atoms with van der Waals surface area (Å²) in [6, 6.07) is 8.26. The quantitative estimate of drug-likeness (QED) is 0.688. The van der Waals surface area contributed by atoms with Crippen LogP contribution in [0.4, 0.5) is 0 Å². The molecule has 5 heteroatoms. The Hall–Kier alpha value is -1.62. The van der Waals surface area contributed by atoms with Crippen LogP contribution in [0.25, 0.3) is 0 Å². The van der Waals surface area contributed by atoms with E-state index >= 15 is 0 Å². The van der Waals surface area contributed by atoms with Crippen LogP contribution >= 0.6 is 11.8 Å². The summed E-state index contributed by atoms with van der Waals surface area (Å²) < 4.78 is 0. The molecular formula is C16H21N3OS. The SMILES string of the molecule is CC[C@H]1S/C(=N\N=C\c2ccc(C(C)(C)C)cc2)NC1=O. The van der Waals surface area contributed by atoms with Gasteiger partial charge in [0.25, 0.3) is 0 Å². The molecule has 2 rings (SSSR count). The molecule has 1 heterocycles. The van der Waals surface area contributed by atoms with E-state index in [2.05, 4.69) is 48.4 Å². The van der Waals surface area contributed by atoms with E-state index in [1.165, 1.54) is 17.3 Å². The fourth-order valence-corrected chi connectivity index (χ4v) is 2.79. The van der Waals surface area contributed by atoms with Crippen LogP contribution in [0.15, 0.2) is 34.5 Å². The maximum atomic E-state index is 11.5. The normalized spacial score (nSPS) is 21.2. The third kappa shape index (κ3) is 4.17. The molecule has 1 aliphatic rings. The van der Waals surface area contributed by atoms with E-state index < -0.39 is 0 Å². The lowest BCUT2D eigenvalue weighted by Crippen LogP contribution is -2.24. The Bertz CT molecular complexity index is 570. The topological polar surface area (TPSA) is 53.8 Å². The molecule has 21 heavy (non-hydrogen) atoms. The fraction of sp³-hybridized carbons (Fsp3) is 0.438. The molecule has 1 aromatic rings. The molecule has 1 atom stereocenters. The summed E-state index contributed by atoms with van der Waals surface area (Å²) in [7, 11) is 0. The van der Waals surface area contributed by atoms with E-state index in [1.54, 1.807) is 6.21 Å². The van der Waals surface area contributed by atoms with Gasteiger partial charge in [0.15, 0.2) is 5.17 Å². The number of amides is 1. The summed E-state index contributed by atoms with van der Waals surface area (Å²) in [6.07, 6.45) is 2.50. The molecule has 112 valence electrons. The molecule has 1 amide bonds. The second-order valence-electron chi connectivity index (χ2n) is 6.03. The number of carbonyl (C=O) groups excluding carboxylic acids is 1. The molecule has 1 fully saturated rings. The van der Waals surface area contributed by atoms with E-state index in [0.29, 0.717) is 5.17 Å². The van der Waals surface area contributed by atoms with Crippen LogP contribution in [0.2, 0.25) is 0 Å². The van der Waals surface area contributed by atoms with E-state index in [-0.39, 0.29) is 16.6 Å². The zero-order chi connectivity index (χ0) is 15.5. The first-order chi connectivity index (χ1) is 9.90. The monoisotopic (exact) mass is 303 g/mol. The van der Waals surface area contributed by atoms with Crippen LogP contribution in [0.1, 0.15) is 45.2 Å². The van der Waals surface area contributed by atoms with Crippen molar-refractivity contribution >= 4 is 29.1 Å². The second-order valence-corrected chi connectivity index (χ2v) is 7.22. The minimum Gasteiger partial charge on any atom is -0.303 e. The van der Waals surface area contributed by atoms with Gasteiger partial charge in [0, 0.05) is 0 Å². The maximum absolute atomic E-state index is 11.5. The van der Waals surface area contributed by atoms with Crippen molar-refractivity contribution in [2.24, 2.45) is 10.2 Å². The first kappa shape index (κ1) is 15.8. The Balaban J connectivity index is 2.01. The van der Waals surface area contributed by atoms with Crippen LogP contribution in [0.3, 0.4) is 0 Å². The molecule has 0 aliphatic carbocycles. The molecule has 1 N–H and O–H groups in total. The van der Waals surface area contributed by atoms with Crippen LogP contribution in [0, 0.1) is 0 Å². The van der Waals surface area contributed by atoms with E-state index in [0.717, 1.165) is 12.0 Å². The highest BCUT2D eigenvalue weighted by atomic mass is 32.2. The predicted molar refractivity (Wildman–Crippen MR) is 90.0 cm³/mol. The van der Waals surface area contributed by atoms with Gasteiger partial charge >= 0.3 is 0 Å². The third-order valence-corrected chi connectivity index (χ3v) is 4.52. The number of rotatable bonds is 3. The van der Waals surface area contributed by atoms with Gasteiger partial charge in [-0.2, -0.15) is 5.10 Å². The first-order valence-electron chi connectivity index (χ1n) is 7.09. The van der Waals surface area contributed by atoms with Crippen molar-refractivity contribution in [1.82, 2.24) is 5.32 Å². The number of nitrogens with zero attached hydrogens (tertiary/aromatic N) is 2. The van der Waals surface area contributed by atoms with Gasteiger partial charge in [-0.25, -0.2) is 0 Å².